The summed E-state index contributed by atoms with van der Waals surface area (Å²) in [6.07, 6.45) is -0.380. The van der Waals surface area contributed by atoms with Gasteiger partial charge in [-0.1, -0.05) is 25.4 Å². The molecule has 23 heavy (non-hydrogen) atoms. The summed E-state index contributed by atoms with van der Waals surface area (Å²) in [5.41, 5.74) is 0.477. The number of ether oxygens (including phenoxy) is 1. The Morgan fingerprint density at radius 3 is 2.48 bits per heavy atom. The maximum absolute atomic E-state index is 11.8. The van der Waals surface area contributed by atoms with E-state index < -0.39 is 5.60 Å². The van der Waals surface area contributed by atoms with Crippen LogP contribution in [0.2, 0.25) is 5.02 Å². The molecule has 0 aromatic heterocycles. The van der Waals surface area contributed by atoms with Crippen LogP contribution in [0.3, 0.4) is 0 Å². The van der Waals surface area contributed by atoms with Gasteiger partial charge in [0.25, 0.3) is 0 Å². The number of rotatable bonds is 6. The lowest BCUT2D eigenvalue weighted by atomic mass is 9.95. The number of carbonyl (C=O) groups excluding carboxylic acids is 1. The van der Waals surface area contributed by atoms with Crippen molar-refractivity contribution in [2.24, 2.45) is 11.8 Å². The van der Waals surface area contributed by atoms with Crippen LogP contribution in [0.25, 0.3) is 0 Å². The fourth-order valence-electron chi connectivity index (χ4n) is 1.93. The van der Waals surface area contributed by atoms with Crippen LogP contribution >= 0.6 is 27.5 Å². The molecule has 0 fully saturated rings. The highest BCUT2D eigenvalue weighted by Crippen LogP contribution is 2.25. The predicted octanol–water partition coefficient (Wildman–Crippen LogP) is 5.31. The van der Waals surface area contributed by atoms with Crippen LogP contribution in [0.15, 0.2) is 22.7 Å². The van der Waals surface area contributed by atoms with Gasteiger partial charge in [-0.2, -0.15) is 0 Å². The average Bonchev–Trinajstić information content (AvgIpc) is 2.40. The second-order valence-electron chi connectivity index (χ2n) is 6.90. The van der Waals surface area contributed by atoms with E-state index in [1.54, 1.807) is 0 Å². The topological polar surface area (TPSA) is 50.4 Å². The van der Waals surface area contributed by atoms with Gasteiger partial charge in [-0.05, 0) is 66.7 Å². The zero-order chi connectivity index (χ0) is 17.6. The molecule has 2 N–H and O–H groups in total. The molecule has 1 aromatic carbocycles. The van der Waals surface area contributed by atoms with Crippen molar-refractivity contribution >= 4 is 39.3 Å². The van der Waals surface area contributed by atoms with Crippen LogP contribution in [-0.4, -0.2) is 24.8 Å². The van der Waals surface area contributed by atoms with E-state index in [1.807, 2.05) is 39.0 Å². The minimum Gasteiger partial charge on any atom is -0.444 e. The molecule has 0 aliphatic rings. The van der Waals surface area contributed by atoms with Gasteiger partial charge in [0.15, 0.2) is 0 Å². The summed E-state index contributed by atoms with van der Waals surface area (Å²) in [4.78, 5) is 11.8. The maximum atomic E-state index is 11.8. The number of nitrogens with one attached hydrogen (secondary N) is 2. The molecule has 0 aliphatic heterocycles. The lowest BCUT2D eigenvalue weighted by molar-refractivity contribution is 0.0516. The van der Waals surface area contributed by atoms with E-state index in [1.165, 1.54) is 0 Å². The molecule has 0 spiro atoms. The minimum atomic E-state index is -0.482. The van der Waals surface area contributed by atoms with E-state index in [9.17, 15) is 4.79 Å². The van der Waals surface area contributed by atoms with Crippen molar-refractivity contribution in [3.63, 3.8) is 0 Å². The Balaban J connectivity index is 2.52. The Morgan fingerprint density at radius 2 is 1.96 bits per heavy atom. The van der Waals surface area contributed by atoms with E-state index in [0.717, 1.165) is 16.7 Å². The molecule has 0 heterocycles. The van der Waals surface area contributed by atoms with Gasteiger partial charge in [0.2, 0.25) is 0 Å². The van der Waals surface area contributed by atoms with Crippen molar-refractivity contribution < 1.29 is 9.53 Å². The van der Waals surface area contributed by atoms with Crippen LogP contribution < -0.4 is 10.6 Å². The summed E-state index contributed by atoms with van der Waals surface area (Å²) in [5, 5.41) is 6.88. The first-order chi connectivity index (χ1) is 10.6. The molecule has 1 aromatic rings. The Hall–Kier alpha value is -0.940. The summed E-state index contributed by atoms with van der Waals surface area (Å²) < 4.78 is 6.14. The van der Waals surface area contributed by atoms with Crippen LogP contribution in [0, 0.1) is 11.8 Å². The first-order valence-corrected chi connectivity index (χ1v) is 8.91. The Labute approximate surface area is 152 Å². The Morgan fingerprint density at radius 1 is 1.30 bits per heavy atom. The molecule has 1 rings (SSSR count). The molecular weight excluding hydrogens is 380 g/mol. The second kappa shape index (κ2) is 8.78. The SMILES string of the molecule is CC(C)C(CNC(=O)OC(C)(C)C)CNc1ccc(Br)c(Cl)c1. The third-order valence-electron chi connectivity index (χ3n) is 3.34. The van der Waals surface area contributed by atoms with Crippen molar-refractivity contribution in [3.8, 4) is 0 Å². The lowest BCUT2D eigenvalue weighted by Crippen LogP contribution is -2.38. The Kier molecular flexibility index (Phi) is 7.68. The quantitative estimate of drug-likeness (QED) is 0.674. The molecule has 130 valence electrons. The zero-order valence-corrected chi connectivity index (χ0v) is 16.7. The molecule has 0 saturated carbocycles. The maximum Gasteiger partial charge on any atom is 0.407 e. The number of carbonyl (C=O) groups is 1. The van der Waals surface area contributed by atoms with E-state index in [0.29, 0.717) is 17.5 Å². The third-order valence-corrected chi connectivity index (χ3v) is 4.57. The molecule has 6 heteroatoms. The number of hydrogen-bond acceptors (Lipinski definition) is 3. The first-order valence-electron chi connectivity index (χ1n) is 7.74. The summed E-state index contributed by atoms with van der Waals surface area (Å²) in [6.45, 7) is 11.1. The lowest BCUT2D eigenvalue weighted by Gasteiger charge is -2.24. The molecule has 4 nitrogen and oxygen atoms in total. The van der Waals surface area contributed by atoms with Gasteiger partial charge in [-0.25, -0.2) is 4.79 Å². The van der Waals surface area contributed by atoms with E-state index in [2.05, 4.69) is 40.4 Å². The van der Waals surface area contributed by atoms with E-state index in [-0.39, 0.29) is 12.0 Å². The van der Waals surface area contributed by atoms with E-state index >= 15 is 0 Å². The summed E-state index contributed by atoms with van der Waals surface area (Å²) in [7, 11) is 0. The van der Waals surface area contributed by atoms with Crippen LogP contribution in [0.4, 0.5) is 10.5 Å². The average molecular weight is 406 g/mol. The monoisotopic (exact) mass is 404 g/mol. The molecule has 0 aliphatic carbocycles. The van der Waals surface area contributed by atoms with E-state index in [4.69, 9.17) is 16.3 Å². The van der Waals surface area contributed by atoms with Gasteiger partial charge in [0, 0.05) is 23.2 Å². The van der Waals surface area contributed by atoms with Gasteiger partial charge in [0.1, 0.15) is 5.60 Å². The first kappa shape index (κ1) is 20.1. The molecular formula is C17H26BrClN2O2. The molecule has 0 bridgehead atoms. The van der Waals surface area contributed by atoms with Gasteiger partial charge in [-0.3, -0.25) is 0 Å². The van der Waals surface area contributed by atoms with Crippen molar-refractivity contribution in [3.05, 3.63) is 27.7 Å². The minimum absolute atomic E-state index is 0.282. The molecule has 1 atom stereocenters. The highest BCUT2D eigenvalue weighted by molar-refractivity contribution is 9.10. The largest absolute Gasteiger partial charge is 0.444 e. The number of hydrogen-bond donors (Lipinski definition) is 2. The highest BCUT2D eigenvalue weighted by Gasteiger charge is 2.19. The van der Waals surface area contributed by atoms with Crippen LogP contribution in [0.5, 0.6) is 0 Å². The van der Waals surface area contributed by atoms with Crippen LogP contribution in [0.1, 0.15) is 34.6 Å². The van der Waals surface area contributed by atoms with Gasteiger partial charge >= 0.3 is 6.09 Å². The van der Waals surface area contributed by atoms with Crippen molar-refractivity contribution in [2.75, 3.05) is 18.4 Å². The summed E-state index contributed by atoms with van der Waals surface area (Å²) >= 11 is 9.47. The number of benzene rings is 1. The Bertz CT molecular complexity index is 530. The highest BCUT2D eigenvalue weighted by atomic mass is 79.9. The molecule has 1 unspecified atom stereocenters. The fraction of sp³-hybridized carbons (Fsp3) is 0.588. The zero-order valence-electron chi connectivity index (χ0n) is 14.4. The third kappa shape index (κ3) is 7.93. The number of halogens is 2. The smallest absolute Gasteiger partial charge is 0.407 e. The molecule has 1 amide bonds. The predicted molar refractivity (Wildman–Crippen MR) is 100 cm³/mol. The normalized spacial score (nSPS) is 12.9. The number of anilines is 1. The van der Waals surface area contributed by atoms with Crippen molar-refractivity contribution in [1.82, 2.24) is 5.32 Å². The standard InChI is InChI=1S/C17H26BrClN2O2/c1-11(2)12(10-21-16(22)23-17(3,4)5)9-20-13-6-7-14(18)15(19)8-13/h6-8,11-12,20H,9-10H2,1-5H3,(H,21,22). The summed E-state index contributed by atoms with van der Waals surface area (Å²) in [5.74, 6) is 0.702. The summed E-state index contributed by atoms with van der Waals surface area (Å²) in [6, 6.07) is 5.76. The fourth-order valence-corrected chi connectivity index (χ4v) is 2.35. The number of amides is 1. The molecule has 0 radical (unpaired) electrons. The second-order valence-corrected chi connectivity index (χ2v) is 8.16. The molecule has 0 saturated heterocycles. The van der Waals surface area contributed by atoms with Gasteiger partial charge in [-0.15, -0.1) is 0 Å². The number of alkyl carbamates (subject to hydrolysis) is 1. The van der Waals surface area contributed by atoms with Crippen LogP contribution in [-0.2, 0) is 4.74 Å². The van der Waals surface area contributed by atoms with Gasteiger partial charge in [0.05, 0.1) is 5.02 Å². The van der Waals surface area contributed by atoms with Gasteiger partial charge < -0.3 is 15.4 Å². The van der Waals surface area contributed by atoms with Crippen molar-refractivity contribution in [2.45, 2.75) is 40.2 Å². The van der Waals surface area contributed by atoms with Crippen molar-refractivity contribution in [1.29, 1.82) is 0 Å².